The first-order valence-corrected chi connectivity index (χ1v) is 5.57. The summed E-state index contributed by atoms with van der Waals surface area (Å²) in [6, 6.07) is 0.564. The van der Waals surface area contributed by atoms with E-state index < -0.39 is 0 Å². The van der Waals surface area contributed by atoms with Crippen LogP contribution in [-0.4, -0.2) is 60.8 Å². The molecule has 1 aliphatic rings. The van der Waals surface area contributed by atoms with Gasteiger partial charge in [0.05, 0.1) is 6.10 Å². The summed E-state index contributed by atoms with van der Waals surface area (Å²) in [5.41, 5.74) is 0. The number of hydrogen-bond acceptors (Lipinski definition) is 3. The van der Waals surface area contributed by atoms with Gasteiger partial charge in [0.1, 0.15) is 0 Å². The highest BCUT2D eigenvalue weighted by molar-refractivity contribution is 4.85. The molecule has 1 saturated heterocycles. The van der Waals surface area contributed by atoms with Gasteiger partial charge in [-0.05, 0) is 40.9 Å². The summed E-state index contributed by atoms with van der Waals surface area (Å²) in [5.74, 6) is 0.472. The Bertz CT molecular complexity index is 171. The van der Waals surface area contributed by atoms with Crippen molar-refractivity contribution in [2.24, 2.45) is 5.92 Å². The zero-order valence-electron chi connectivity index (χ0n) is 9.90. The Kier molecular flexibility index (Phi) is 4.35. The van der Waals surface area contributed by atoms with Crippen LogP contribution in [0.5, 0.6) is 0 Å². The number of β-amino-alcohol motifs (C(OH)–C–C–N with tert-alkyl or cyclic N) is 1. The maximum Gasteiger partial charge on any atom is 0.0708 e. The largest absolute Gasteiger partial charge is 0.391 e. The summed E-state index contributed by atoms with van der Waals surface area (Å²) in [7, 11) is 4.17. The average molecular weight is 200 g/mol. The lowest BCUT2D eigenvalue weighted by atomic mass is 10.0. The number of aliphatic hydroxyl groups excluding tert-OH is 1. The average Bonchev–Trinajstić information content (AvgIpc) is 2.43. The van der Waals surface area contributed by atoms with Gasteiger partial charge >= 0.3 is 0 Å². The third kappa shape index (κ3) is 3.23. The van der Waals surface area contributed by atoms with E-state index in [4.69, 9.17) is 0 Å². The van der Waals surface area contributed by atoms with Crippen LogP contribution in [0.3, 0.4) is 0 Å². The molecule has 0 aromatic rings. The number of likely N-dealkylation sites (tertiary alicyclic amines) is 1. The molecule has 3 heteroatoms. The van der Waals surface area contributed by atoms with Crippen molar-refractivity contribution in [3.8, 4) is 0 Å². The summed E-state index contributed by atoms with van der Waals surface area (Å²) >= 11 is 0. The van der Waals surface area contributed by atoms with Crippen molar-refractivity contribution in [3.63, 3.8) is 0 Å². The predicted molar refractivity (Wildman–Crippen MR) is 59.4 cm³/mol. The summed E-state index contributed by atoms with van der Waals surface area (Å²) in [6.45, 7) is 7.39. The first-order chi connectivity index (χ1) is 6.50. The Morgan fingerprint density at radius 1 is 1.36 bits per heavy atom. The molecule has 0 radical (unpaired) electrons. The lowest BCUT2D eigenvalue weighted by Crippen LogP contribution is -2.29. The molecular weight excluding hydrogens is 176 g/mol. The van der Waals surface area contributed by atoms with Crippen molar-refractivity contribution in [2.45, 2.75) is 32.4 Å². The maximum absolute atomic E-state index is 9.86. The molecule has 1 aliphatic heterocycles. The van der Waals surface area contributed by atoms with Crippen LogP contribution < -0.4 is 0 Å². The van der Waals surface area contributed by atoms with E-state index in [0.29, 0.717) is 12.0 Å². The molecule has 1 fully saturated rings. The highest BCUT2D eigenvalue weighted by atomic mass is 16.3. The zero-order valence-corrected chi connectivity index (χ0v) is 9.90. The molecule has 1 heterocycles. The molecule has 0 aromatic heterocycles. The van der Waals surface area contributed by atoms with E-state index in [1.54, 1.807) is 0 Å². The molecule has 1 N–H and O–H groups in total. The van der Waals surface area contributed by atoms with E-state index in [2.05, 4.69) is 37.7 Å². The molecule has 84 valence electrons. The Morgan fingerprint density at radius 2 is 2.00 bits per heavy atom. The van der Waals surface area contributed by atoms with Gasteiger partial charge in [-0.25, -0.2) is 0 Å². The van der Waals surface area contributed by atoms with Crippen LogP contribution in [-0.2, 0) is 0 Å². The summed E-state index contributed by atoms with van der Waals surface area (Å²) in [6.07, 6.45) is 0.995. The number of nitrogens with zero attached hydrogens (tertiary/aromatic N) is 2. The van der Waals surface area contributed by atoms with Crippen molar-refractivity contribution in [1.29, 1.82) is 0 Å². The van der Waals surface area contributed by atoms with Gasteiger partial charge < -0.3 is 10.0 Å². The van der Waals surface area contributed by atoms with Gasteiger partial charge in [0.2, 0.25) is 0 Å². The zero-order chi connectivity index (χ0) is 10.7. The Labute approximate surface area is 87.7 Å². The molecule has 2 atom stereocenters. The minimum absolute atomic E-state index is 0.114. The fourth-order valence-electron chi connectivity index (χ4n) is 2.02. The fraction of sp³-hybridized carbons (Fsp3) is 1.00. The van der Waals surface area contributed by atoms with Gasteiger partial charge in [0.15, 0.2) is 0 Å². The van der Waals surface area contributed by atoms with Crippen molar-refractivity contribution in [3.05, 3.63) is 0 Å². The molecular formula is C11H24N2O. The second kappa shape index (κ2) is 5.10. The lowest BCUT2D eigenvalue weighted by Gasteiger charge is -2.20. The van der Waals surface area contributed by atoms with E-state index in [-0.39, 0.29) is 6.10 Å². The predicted octanol–water partition coefficient (Wildman–Crippen LogP) is 0.639. The normalized spacial score (nSPS) is 29.4. The highest BCUT2D eigenvalue weighted by Crippen LogP contribution is 2.21. The number of rotatable bonds is 4. The van der Waals surface area contributed by atoms with Crippen LogP contribution in [0.15, 0.2) is 0 Å². The first kappa shape index (κ1) is 12.0. The quantitative estimate of drug-likeness (QED) is 0.721. The standard InChI is InChI=1S/C11H24N2O/c1-9(2)13-7-10(11(14)8-13)5-6-12(3)4/h9-11,14H,5-8H2,1-4H3. The lowest BCUT2D eigenvalue weighted by molar-refractivity contribution is 0.131. The van der Waals surface area contributed by atoms with Gasteiger partial charge in [-0.15, -0.1) is 0 Å². The van der Waals surface area contributed by atoms with Gasteiger partial charge in [0, 0.05) is 25.0 Å². The van der Waals surface area contributed by atoms with Gasteiger partial charge in [-0.3, -0.25) is 4.90 Å². The van der Waals surface area contributed by atoms with Crippen molar-refractivity contribution >= 4 is 0 Å². The summed E-state index contributed by atoms with van der Waals surface area (Å²) in [5, 5.41) is 9.86. The third-order valence-electron chi connectivity index (χ3n) is 3.11. The topological polar surface area (TPSA) is 26.7 Å². The van der Waals surface area contributed by atoms with Crippen molar-refractivity contribution < 1.29 is 5.11 Å². The molecule has 0 saturated carbocycles. The highest BCUT2D eigenvalue weighted by Gasteiger charge is 2.31. The molecule has 0 amide bonds. The molecule has 2 unspecified atom stereocenters. The minimum atomic E-state index is -0.114. The molecule has 0 aliphatic carbocycles. The van der Waals surface area contributed by atoms with Crippen LogP contribution >= 0.6 is 0 Å². The van der Waals surface area contributed by atoms with E-state index in [1.165, 1.54) is 0 Å². The molecule has 0 bridgehead atoms. The molecule has 14 heavy (non-hydrogen) atoms. The third-order valence-corrected chi connectivity index (χ3v) is 3.11. The SMILES string of the molecule is CC(C)N1CC(O)C(CCN(C)C)C1. The van der Waals surface area contributed by atoms with Crippen LogP contribution in [0.25, 0.3) is 0 Å². The molecule has 0 aromatic carbocycles. The van der Waals surface area contributed by atoms with Crippen molar-refractivity contribution in [2.75, 3.05) is 33.7 Å². The Balaban J connectivity index is 2.33. The fourth-order valence-corrected chi connectivity index (χ4v) is 2.02. The van der Waals surface area contributed by atoms with Crippen LogP contribution in [0.2, 0.25) is 0 Å². The van der Waals surface area contributed by atoms with E-state index >= 15 is 0 Å². The Hall–Kier alpha value is -0.120. The van der Waals surface area contributed by atoms with Gasteiger partial charge in [-0.1, -0.05) is 0 Å². The van der Waals surface area contributed by atoms with Crippen LogP contribution in [0.4, 0.5) is 0 Å². The van der Waals surface area contributed by atoms with Crippen molar-refractivity contribution in [1.82, 2.24) is 9.80 Å². The van der Waals surface area contributed by atoms with E-state index in [0.717, 1.165) is 26.1 Å². The molecule has 3 nitrogen and oxygen atoms in total. The second-order valence-corrected chi connectivity index (χ2v) is 4.97. The van der Waals surface area contributed by atoms with Crippen LogP contribution in [0, 0.1) is 5.92 Å². The number of aliphatic hydroxyl groups is 1. The monoisotopic (exact) mass is 200 g/mol. The first-order valence-electron chi connectivity index (χ1n) is 5.57. The summed E-state index contributed by atoms with van der Waals surface area (Å²) in [4.78, 5) is 4.55. The Morgan fingerprint density at radius 3 is 2.43 bits per heavy atom. The second-order valence-electron chi connectivity index (χ2n) is 4.97. The maximum atomic E-state index is 9.86. The molecule has 1 rings (SSSR count). The van der Waals surface area contributed by atoms with Gasteiger partial charge in [0.25, 0.3) is 0 Å². The summed E-state index contributed by atoms with van der Waals surface area (Å²) < 4.78 is 0. The number of hydrogen-bond donors (Lipinski definition) is 1. The van der Waals surface area contributed by atoms with Gasteiger partial charge in [-0.2, -0.15) is 0 Å². The molecule has 0 spiro atoms. The smallest absolute Gasteiger partial charge is 0.0708 e. The van der Waals surface area contributed by atoms with Crippen LogP contribution in [0.1, 0.15) is 20.3 Å². The van der Waals surface area contributed by atoms with E-state index in [9.17, 15) is 5.11 Å². The van der Waals surface area contributed by atoms with E-state index in [1.807, 2.05) is 0 Å². The minimum Gasteiger partial charge on any atom is -0.391 e.